The number of carbonyl (C=O) groups excluding carboxylic acids is 3. The molecule has 1 atom stereocenters. The third-order valence-corrected chi connectivity index (χ3v) is 6.33. The Morgan fingerprint density at radius 2 is 1.46 bits per heavy atom. The van der Waals surface area contributed by atoms with Crippen LogP contribution >= 0.6 is 0 Å². The first-order valence-corrected chi connectivity index (χ1v) is 13.4. The van der Waals surface area contributed by atoms with Crippen molar-refractivity contribution >= 4 is 23.3 Å². The zero-order chi connectivity index (χ0) is 29.2. The van der Waals surface area contributed by atoms with Crippen molar-refractivity contribution in [2.24, 2.45) is 0 Å². The number of Topliss-reactive ketones (excluding diaryl/α,β-unsaturated/α-hetero) is 1. The number of ether oxygens (including phenoxy) is 3. The van der Waals surface area contributed by atoms with Gasteiger partial charge in [-0.3, -0.25) is 14.4 Å². The smallest absolute Gasteiger partial charge is 0.307 e. The van der Waals surface area contributed by atoms with Crippen molar-refractivity contribution in [2.45, 2.75) is 46.3 Å². The number of benzene rings is 4. The first-order valence-electron chi connectivity index (χ1n) is 13.4. The van der Waals surface area contributed by atoms with Gasteiger partial charge < -0.3 is 19.5 Å². The fourth-order valence-electron chi connectivity index (χ4n) is 3.99. The third kappa shape index (κ3) is 8.80. The van der Waals surface area contributed by atoms with Crippen molar-refractivity contribution in [3.8, 4) is 17.2 Å². The van der Waals surface area contributed by atoms with Gasteiger partial charge in [0.1, 0.15) is 23.9 Å². The summed E-state index contributed by atoms with van der Waals surface area (Å²) >= 11 is 0. The number of ketones is 1. The molecule has 0 fully saturated rings. The normalized spacial score (nSPS) is 11.3. The molecular weight excluding hydrogens is 518 g/mol. The van der Waals surface area contributed by atoms with Crippen LogP contribution in [0.25, 0.3) is 0 Å². The van der Waals surface area contributed by atoms with Gasteiger partial charge >= 0.3 is 5.97 Å². The number of esters is 1. The van der Waals surface area contributed by atoms with Gasteiger partial charge in [-0.05, 0) is 92.1 Å². The highest BCUT2D eigenvalue weighted by molar-refractivity contribution is 6.00. The highest BCUT2D eigenvalue weighted by Crippen LogP contribution is 2.27. The van der Waals surface area contributed by atoms with E-state index in [0.717, 1.165) is 22.4 Å². The largest absolute Gasteiger partial charge is 0.489 e. The molecule has 0 aromatic heterocycles. The van der Waals surface area contributed by atoms with Crippen LogP contribution < -0.4 is 14.8 Å². The van der Waals surface area contributed by atoms with Gasteiger partial charge in [-0.2, -0.15) is 0 Å². The van der Waals surface area contributed by atoms with Crippen LogP contribution in [0.1, 0.15) is 46.8 Å². The minimum absolute atomic E-state index is 0.0755. The Morgan fingerprint density at radius 3 is 2.17 bits per heavy atom. The molecule has 0 saturated heterocycles. The molecule has 0 radical (unpaired) electrons. The van der Waals surface area contributed by atoms with Crippen LogP contribution in [0.2, 0.25) is 0 Å². The summed E-state index contributed by atoms with van der Waals surface area (Å²) in [5.74, 6) is 0.757. The second-order valence-electron chi connectivity index (χ2n) is 9.74. The van der Waals surface area contributed by atoms with E-state index in [4.69, 9.17) is 14.2 Å². The lowest BCUT2D eigenvalue weighted by molar-refractivity contribution is -0.147. The Bertz CT molecular complexity index is 1480. The third-order valence-electron chi connectivity index (χ3n) is 6.33. The maximum Gasteiger partial charge on any atom is 0.307 e. The van der Waals surface area contributed by atoms with Gasteiger partial charge in [-0.15, -0.1) is 0 Å². The first kappa shape index (κ1) is 29.1. The van der Waals surface area contributed by atoms with Crippen LogP contribution in [0.15, 0.2) is 97.1 Å². The maximum atomic E-state index is 12.7. The average Bonchev–Trinajstić information content (AvgIpc) is 2.98. The summed E-state index contributed by atoms with van der Waals surface area (Å²) in [5, 5.41) is 2.76. The molecular formula is C34H33NO6. The summed E-state index contributed by atoms with van der Waals surface area (Å²) in [7, 11) is 0. The van der Waals surface area contributed by atoms with Gasteiger partial charge in [-0.25, -0.2) is 0 Å². The SMILES string of the molecule is Cc1ccc(C)c(Oc2ccc(NC(=O)CCC(=O)OC(C)C(=O)c3ccc(OCc4ccccc4)cc3)cc2)c1. The minimum atomic E-state index is -0.980. The zero-order valence-electron chi connectivity index (χ0n) is 23.4. The van der Waals surface area contributed by atoms with Gasteiger partial charge in [-0.1, -0.05) is 42.5 Å². The molecule has 1 N–H and O–H groups in total. The minimum Gasteiger partial charge on any atom is -0.489 e. The Balaban J connectivity index is 1.19. The van der Waals surface area contributed by atoms with Crippen molar-refractivity contribution in [1.29, 1.82) is 0 Å². The van der Waals surface area contributed by atoms with Crippen molar-refractivity contribution in [1.82, 2.24) is 0 Å². The van der Waals surface area contributed by atoms with Crippen molar-refractivity contribution in [2.75, 3.05) is 5.32 Å². The highest BCUT2D eigenvalue weighted by atomic mass is 16.5. The van der Waals surface area contributed by atoms with E-state index < -0.39 is 12.1 Å². The summed E-state index contributed by atoms with van der Waals surface area (Å²) in [6.07, 6.45) is -1.21. The molecule has 0 heterocycles. The van der Waals surface area contributed by atoms with E-state index >= 15 is 0 Å². The quantitative estimate of drug-likeness (QED) is 0.148. The lowest BCUT2D eigenvalue weighted by Crippen LogP contribution is -2.25. The molecule has 7 heteroatoms. The van der Waals surface area contributed by atoms with Crippen LogP contribution in [0, 0.1) is 13.8 Å². The average molecular weight is 552 g/mol. The van der Waals surface area contributed by atoms with Crippen LogP contribution in [-0.2, 0) is 20.9 Å². The lowest BCUT2D eigenvalue weighted by atomic mass is 10.1. The van der Waals surface area contributed by atoms with Gasteiger partial charge in [0, 0.05) is 17.7 Å². The second kappa shape index (κ2) is 13.9. The van der Waals surface area contributed by atoms with E-state index in [-0.39, 0.29) is 24.5 Å². The molecule has 41 heavy (non-hydrogen) atoms. The molecule has 4 aromatic rings. The molecule has 0 aliphatic carbocycles. The maximum absolute atomic E-state index is 12.7. The van der Waals surface area contributed by atoms with Gasteiger partial charge in [0.25, 0.3) is 0 Å². The predicted molar refractivity (Wildman–Crippen MR) is 157 cm³/mol. The van der Waals surface area contributed by atoms with Crippen molar-refractivity contribution in [3.63, 3.8) is 0 Å². The summed E-state index contributed by atoms with van der Waals surface area (Å²) in [6, 6.07) is 29.4. The topological polar surface area (TPSA) is 90.9 Å². The van der Waals surface area contributed by atoms with E-state index in [0.29, 0.717) is 29.4 Å². The Hall–Kier alpha value is -4.91. The second-order valence-corrected chi connectivity index (χ2v) is 9.74. The van der Waals surface area contributed by atoms with Gasteiger partial charge in [0.15, 0.2) is 6.10 Å². The van der Waals surface area contributed by atoms with E-state index in [1.807, 2.05) is 62.4 Å². The van der Waals surface area contributed by atoms with Crippen molar-refractivity contribution in [3.05, 3.63) is 119 Å². The Kier molecular flexibility index (Phi) is 9.89. The summed E-state index contributed by atoms with van der Waals surface area (Å²) < 4.78 is 17.0. The number of hydrogen-bond acceptors (Lipinski definition) is 6. The van der Waals surface area contributed by atoms with Gasteiger partial charge in [0.2, 0.25) is 11.7 Å². The van der Waals surface area contributed by atoms with Crippen molar-refractivity contribution < 1.29 is 28.6 Å². The fraction of sp³-hybridized carbons (Fsp3) is 0.206. The predicted octanol–water partition coefficient (Wildman–Crippen LogP) is 7.21. The molecule has 0 spiro atoms. The fourth-order valence-corrected chi connectivity index (χ4v) is 3.99. The van der Waals surface area contributed by atoms with Crippen LogP contribution in [0.5, 0.6) is 17.2 Å². The molecule has 7 nitrogen and oxygen atoms in total. The number of nitrogens with one attached hydrogen (secondary N) is 1. The van der Waals surface area contributed by atoms with Gasteiger partial charge in [0.05, 0.1) is 6.42 Å². The van der Waals surface area contributed by atoms with E-state index in [9.17, 15) is 14.4 Å². The Labute approximate surface area is 240 Å². The molecule has 0 aliphatic heterocycles. The summed E-state index contributed by atoms with van der Waals surface area (Å²) in [5.41, 5.74) is 4.15. The molecule has 1 unspecified atom stereocenters. The highest BCUT2D eigenvalue weighted by Gasteiger charge is 2.20. The number of rotatable bonds is 12. The van der Waals surface area contributed by atoms with E-state index in [1.165, 1.54) is 6.92 Å². The van der Waals surface area contributed by atoms with E-state index in [1.54, 1.807) is 48.5 Å². The molecule has 1 amide bonds. The van der Waals surface area contributed by atoms with Crippen LogP contribution in [0.4, 0.5) is 5.69 Å². The lowest BCUT2D eigenvalue weighted by Gasteiger charge is -2.13. The van der Waals surface area contributed by atoms with Crippen LogP contribution in [-0.4, -0.2) is 23.8 Å². The van der Waals surface area contributed by atoms with Crippen LogP contribution in [0.3, 0.4) is 0 Å². The molecule has 4 rings (SSSR count). The first-order chi connectivity index (χ1) is 19.8. The molecule has 4 aromatic carbocycles. The van der Waals surface area contributed by atoms with E-state index in [2.05, 4.69) is 5.32 Å². The Morgan fingerprint density at radius 1 is 0.780 bits per heavy atom. The molecule has 210 valence electrons. The monoisotopic (exact) mass is 551 g/mol. The zero-order valence-corrected chi connectivity index (χ0v) is 23.4. The number of amides is 1. The molecule has 0 bridgehead atoms. The standard InChI is InChI=1S/C34H33NO6/c1-23-9-10-24(2)31(21-23)41-30-17-13-28(14-18-30)35-32(36)19-20-33(37)40-25(3)34(38)27-11-15-29(16-12-27)39-22-26-7-5-4-6-8-26/h4-18,21,25H,19-20,22H2,1-3H3,(H,35,36). The molecule has 0 saturated carbocycles. The molecule has 0 aliphatic rings. The number of aryl methyl sites for hydroxylation is 2. The number of hydrogen-bond donors (Lipinski definition) is 1. The number of anilines is 1. The summed E-state index contributed by atoms with van der Waals surface area (Å²) in [4.78, 5) is 37.4. The summed E-state index contributed by atoms with van der Waals surface area (Å²) in [6.45, 7) is 5.92. The number of carbonyl (C=O) groups is 3.